The quantitative estimate of drug-likeness (QED) is 0.270. The van der Waals surface area contributed by atoms with E-state index in [1.54, 1.807) is 0 Å². The number of nitrogens with zero attached hydrogens (tertiary/aromatic N) is 2. The van der Waals surface area contributed by atoms with Crippen LogP contribution >= 0.6 is 0 Å². The van der Waals surface area contributed by atoms with Gasteiger partial charge in [0.1, 0.15) is 0 Å². The van der Waals surface area contributed by atoms with Crippen molar-refractivity contribution >= 4 is 11.7 Å². The molecule has 0 aliphatic carbocycles. The van der Waals surface area contributed by atoms with E-state index < -0.39 is 0 Å². The van der Waals surface area contributed by atoms with Gasteiger partial charge in [-0.15, -0.1) is 0 Å². The van der Waals surface area contributed by atoms with Gasteiger partial charge in [-0.2, -0.15) is 0 Å². The molecule has 2 aromatic rings. The highest BCUT2D eigenvalue weighted by Crippen LogP contribution is 2.10. The molecule has 2 aromatic carbocycles. The number of aryl methyl sites for hydroxylation is 1. The minimum Gasteiger partial charge on any atom is -0.384 e. The molecule has 0 atom stereocenters. The SMILES string of the molecule is N/C(=N/OCC(=O)NCCCc1ccccc1)c1cccc(CN2CCOCC2)c1. The third-order valence-electron chi connectivity index (χ3n) is 4.90. The highest BCUT2D eigenvalue weighted by Gasteiger charge is 2.11. The van der Waals surface area contributed by atoms with Crippen LogP contribution in [-0.2, 0) is 27.3 Å². The van der Waals surface area contributed by atoms with Crippen LogP contribution in [0.15, 0.2) is 59.8 Å². The van der Waals surface area contributed by atoms with E-state index >= 15 is 0 Å². The van der Waals surface area contributed by atoms with Crippen molar-refractivity contribution in [3.05, 3.63) is 71.3 Å². The minimum atomic E-state index is -0.208. The summed E-state index contributed by atoms with van der Waals surface area (Å²) in [5.41, 5.74) is 9.23. The van der Waals surface area contributed by atoms with Gasteiger partial charge in [0.15, 0.2) is 12.4 Å². The van der Waals surface area contributed by atoms with Crippen LogP contribution < -0.4 is 11.1 Å². The van der Waals surface area contributed by atoms with Crippen molar-refractivity contribution in [3.8, 4) is 0 Å². The van der Waals surface area contributed by atoms with E-state index in [2.05, 4.69) is 33.6 Å². The summed E-state index contributed by atoms with van der Waals surface area (Å²) < 4.78 is 5.38. The molecule has 7 nitrogen and oxygen atoms in total. The number of morpholine rings is 1. The van der Waals surface area contributed by atoms with Gasteiger partial charge < -0.3 is 20.6 Å². The second kappa shape index (κ2) is 11.9. The van der Waals surface area contributed by atoms with Crippen molar-refractivity contribution in [1.29, 1.82) is 0 Å². The van der Waals surface area contributed by atoms with E-state index in [1.807, 2.05) is 36.4 Å². The average Bonchev–Trinajstić information content (AvgIpc) is 2.78. The van der Waals surface area contributed by atoms with E-state index in [4.69, 9.17) is 15.3 Å². The van der Waals surface area contributed by atoms with Crippen molar-refractivity contribution in [3.63, 3.8) is 0 Å². The number of nitrogens with one attached hydrogen (secondary N) is 1. The number of hydrogen-bond acceptors (Lipinski definition) is 5. The fourth-order valence-corrected chi connectivity index (χ4v) is 3.28. The number of amidine groups is 1. The lowest BCUT2D eigenvalue weighted by Crippen LogP contribution is -2.35. The highest BCUT2D eigenvalue weighted by molar-refractivity contribution is 5.97. The van der Waals surface area contributed by atoms with Crippen LogP contribution in [0.4, 0.5) is 0 Å². The Hall–Kier alpha value is -2.90. The van der Waals surface area contributed by atoms with Gasteiger partial charge in [0.05, 0.1) is 13.2 Å². The van der Waals surface area contributed by atoms with E-state index in [0.29, 0.717) is 6.54 Å². The first-order valence-corrected chi connectivity index (χ1v) is 10.4. The standard InChI is InChI=1S/C23H30N4O3/c24-23(21-10-4-8-20(16-21)17-27-12-14-29-15-13-27)26-30-18-22(28)25-11-5-9-19-6-2-1-3-7-19/h1-4,6-8,10,16H,5,9,11-15,17-18H2,(H2,24,26)(H,25,28). The molecule has 0 bridgehead atoms. The Morgan fingerprint density at radius 1 is 1.10 bits per heavy atom. The molecule has 30 heavy (non-hydrogen) atoms. The Bertz CT molecular complexity index is 820. The number of oxime groups is 1. The van der Waals surface area contributed by atoms with Gasteiger partial charge in [-0.25, -0.2) is 0 Å². The number of rotatable bonds is 10. The van der Waals surface area contributed by atoms with Crippen LogP contribution in [0.5, 0.6) is 0 Å². The molecule has 0 saturated carbocycles. The number of carbonyl (C=O) groups excluding carboxylic acids is 1. The highest BCUT2D eigenvalue weighted by atomic mass is 16.6. The monoisotopic (exact) mass is 410 g/mol. The zero-order chi connectivity index (χ0) is 21.0. The van der Waals surface area contributed by atoms with Crippen molar-refractivity contribution in [1.82, 2.24) is 10.2 Å². The maximum atomic E-state index is 11.9. The fraction of sp³-hybridized carbons (Fsp3) is 0.391. The molecule has 0 radical (unpaired) electrons. The van der Waals surface area contributed by atoms with Crippen LogP contribution in [-0.4, -0.2) is 56.1 Å². The molecule has 1 amide bonds. The smallest absolute Gasteiger partial charge is 0.260 e. The molecule has 1 fully saturated rings. The van der Waals surface area contributed by atoms with Gasteiger partial charge in [0, 0.05) is 31.7 Å². The van der Waals surface area contributed by atoms with Crippen LogP contribution in [0.3, 0.4) is 0 Å². The Labute approximate surface area is 177 Å². The van der Waals surface area contributed by atoms with Gasteiger partial charge in [0.25, 0.3) is 5.91 Å². The molecule has 1 heterocycles. The number of hydrogen-bond donors (Lipinski definition) is 2. The van der Waals surface area contributed by atoms with Gasteiger partial charge in [-0.1, -0.05) is 53.7 Å². The maximum absolute atomic E-state index is 11.9. The van der Waals surface area contributed by atoms with Crippen molar-refractivity contribution in [2.24, 2.45) is 10.9 Å². The van der Waals surface area contributed by atoms with Crippen LogP contribution in [0.1, 0.15) is 23.1 Å². The molecule has 1 saturated heterocycles. The van der Waals surface area contributed by atoms with Crippen molar-refractivity contribution in [2.45, 2.75) is 19.4 Å². The first-order valence-electron chi connectivity index (χ1n) is 10.4. The molecule has 3 rings (SSSR count). The zero-order valence-corrected chi connectivity index (χ0v) is 17.3. The Balaban J connectivity index is 1.37. The minimum absolute atomic E-state index is 0.153. The van der Waals surface area contributed by atoms with E-state index in [-0.39, 0.29) is 18.3 Å². The molecule has 0 unspecified atom stereocenters. The number of amides is 1. The largest absolute Gasteiger partial charge is 0.384 e. The lowest BCUT2D eigenvalue weighted by molar-refractivity contribution is -0.125. The van der Waals surface area contributed by atoms with E-state index in [9.17, 15) is 4.79 Å². The van der Waals surface area contributed by atoms with Gasteiger partial charge in [0.2, 0.25) is 0 Å². The second-order valence-corrected chi connectivity index (χ2v) is 7.28. The van der Waals surface area contributed by atoms with Crippen molar-refractivity contribution < 1.29 is 14.4 Å². The fourth-order valence-electron chi connectivity index (χ4n) is 3.28. The van der Waals surface area contributed by atoms with E-state index in [0.717, 1.165) is 56.8 Å². The van der Waals surface area contributed by atoms with E-state index in [1.165, 1.54) is 5.56 Å². The van der Waals surface area contributed by atoms with Crippen molar-refractivity contribution in [2.75, 3.05) is 39.5 Å². The number of benzene rings is 2. The number of carbonyl (C=O) groups is 1. The van der Waals surface area contributed by atoms with Crippen LogP contribution in [0.2, 0.25) is 0 Å². The third kappa shape index (κ3) is 7.50. The molecule has 7 heteroatoms. The zero-order valence-electron chi connectivity index (χ0n) is 17.3. The summed E-state index contributed by atoms with van der Waals surface area (Å²) in [6.45, 7) is 4.68. The normalized spacial score (nSPS) is 15.0. The Kier molecular flexibility index (Phi) is 8.68. The van der Waals surface area contributed by atoms with Gasteiger partial charge in [-0.3, -0.25) is 9.69 Å². The molecule has 0 spiro atoms. The summed E-state index contributed by atoms with van der Waals surface area (Å²) in [6.07, 6.45) is 1.80. The Morgan fingerprint density at radius 2 is 1.87 bits per heavy atom. The molecule has 0 aromatic heterocycles. The second-order valence-electron chi connectivity index (χ2n) is 7.28. The predicted molar refractivity (Wildman–Crippen MR) is 117 cm³/mol. The number of ether oxygens (including phenoxy) is 1. The third-order valence-corrected chi connectivity index (χ3v) is 4.90. The summed E-state index contributed by atoms with van der Waals surface area (Å²) in [5, 5.41) is 6.73. The van der Waals surface area contributed by atoms with Gasteiger partial charge >= 0.3 is 0 Å². The lowest BCUT2D eigenvalue weighted by atomic mass is 10.1. The first-order chi connectivity index (χ1) is 14.7. The molecular weight excluding hydrogens is 380 g/mol. The molecular formula is C23H30N4O3. The van der Waals surface area contributed by atoms with Crippen LogP contribution in [0, 0.1) is 0 Å². The Morgan fingerprint density at radius 3 is 2.67 bits per heavy atom. The maximum Gasteiger partial charge on any atom is 0.260 e. The summed E-state index contributed by atoms with van der Waals surface area (Å²) in [7, 11) is 0. The number of nitrogens with two attached hydrogens (primary N) is 1. The lowest BCUT2D eigenvalue weighted by Gasteiger charge is -2.26. The van der Waals surface area contributed by atoms with Crippen LogP contribution in [0.25, 0.3) is 0 Å². The first kappa shape index (κ1) is 21.8. The summed E-state index contributed by atoms with van der Waals surface area (Å²) in [5.74, 6) is 0.0522. The average molecular weight is 411 g/mol. The summed E-state index contributed by atoms with van der Waals surface area (Å²) in [4.78, 5) is 19.4. The molecule has 1 aliphatic heterocycles. The topological polar surface area (TPSA) is 89.2 Å². The predicted octanol–water partition coefficient (Wildman–Crippen LogP) is 1.90. The molecule has 1 aliphatic rings. The summed E-state index contributed by atoms with van der Waals surface area (Å²) in [6, 6.07) is 18.1. The molecule has 3 N–H and O–H groups in total. The van der Waals surface area contributed by atoms with Gasteiger partial charge in [-0.05, 0) is 30.0 Å². The molecule has 160 valence electrons. The summed E-state index contributed by atoms with van der Waals surface area (Å²) >= 11 is 0.